The van der Waals surface area contributed by atoms with Gasteiger partial charge in [0.05, 0.1) is 11.3 Å². The Bertz CT molecular complexity index is 390. The zero-order valence-electron chi connectivity index (χ0n) is 8.96. The molecule has 0 spiro atoms. The molecule has 0 fully saturated rings. The minimum Gasteiger partial charge on any atom is -0.395 e. The molecule has 94 valence electrons. The monoisotopic (exact) mass is 310 g/mol. The third-order valence-electron chi connectivity index (χ3n) is 1.83. The second-order valence-corrected chi connectivity index (χ2v) is 3.92. The van der Waals surface area contributed by atoms with Gasteiger partial charge in [-0.15, -0.1) is 0 Å². The molecule has 0 saturated heterocycles. The van der Waals surface area contributed by atoms with E-state index in [1.54, 1.807) is 6.92 Å². The molecule has 17 heavy (non-hydrogen) atoms. The Morgan fingerprint density at radius 2 is 2.18 bits per heavy atom. The van der Waals surface area contributed by atoms with Gasteiger partial charge in [-0.2, -0.15) is 13.2 Å². The highest BCUT2D eigenvalue weighted by atomic mass is 79.9. The van der Waals surface area contributed by atoms with Gasteiger partial charge < -0.3 is 4.84 Å². The van der Waals surface area contributed by atoms with Crippen molar-refractivity contribution in [3.63, 3.8) is 0 Å². The summed E-state index contributed by atoms with van der Waals surface area (Å²) < 4.78 is 36.8. The third-order valence-corrected chi connectivity index (χ3v) is 2.16. The first-order valence-corrected chi connectivity index (χ1v) is 5.83. The van der Waals surface area contributed by atoms with Crippen molar-refractivity contribution in [2.45, 2.75) is 13.1 Å². The molecule has 0 radical (unpaired) electrons. The summed E-state index contributed by atoms with van der Waals surface area (Å²) in [4.78, 5) is 8.56. The summed E-state index contributed by atoms with van der Waals surface area (Å²) in [6, 6.07) is 2.23. The molecule has 0 aliphatic heterocycles. The van der Waals surface area contributed by atoms with E-state index in [2.05, 4.69) is 26.1 Å². The number of hydrogen-bond donors (Lipinski definition) is 0. The van der Waals surface area contributed by atoms with Crippen LogP contribution in [-0.4, -0.2) is 22.6 Å². The largest absolute Gasteiger partial charge is 0.417 e. The molecule has 0 aliphatic carbocycles. The van der Waals surface area contributed by atoms with Crippen LogP contribution in [0.2, 0.25) is 0 Å². The first-order valence-electron chi connectivity index (χ1n) is 4.71. The average Bonchev–Trinajstić information content (AvgIpc) is 2.28. The van der Waals surface area contributed by atoms with E-state index in [1.165, 1.54) is 6.07 Å². The SMILES string of the molecule is C/C(=N\OCCBr)c1ccc(C(F)(F)F)cn1. The lowest BCUT2D eigenvalue weighted by Gasteiger charge is -2.06. The lowest BCUT2D eigenvalue weighted by atomic mass is 10.2. The van der Waals surface area contributed by atoms with Gasteiger partial charge in [-0.25, -0.2) is 0 Å². The number of hydrogen-bond acceptors (Lipinski definition) is 3. The van der Waals surface area contributed by atoms with Crippen molar-refractivity contribution in [2.75, 3.05) is 11.9 Å². The first kappa shape index (κ1) is 14.0. The molecule has 0 aliphatic rings. The highest BCUT2D eigenvalue weighted by molar-refractivity contribution is 9.09. The van der Waals surface area contributed by atoms with Crippen molar-refractivity contribution in [1.29, 1.82) is 0 Å². The van der Waals surface area contributed by atoms with E-state index in [4.69, 9.17) is 4.84 Å². The van der Waals surface area contributed by atoms with Crippen LogP contribution in [0.4, 0.5) is 13.2 Å². The molecule has 1 heterocycles. The van der Waals surface area contributed by atoms with Crippen molar-refractivity contribution in [3.8, 4) is 0 Å². The number of oxime groups is 1. The van der Waals surface area contributed by atoms with Gasteiger partial charge in [-0.1, -0.05) is 21.1 Å². The molecule has 0 atom stereocenters. The number of alkyl halides is 4. The van der Waals surface area contributed by atoms with Crippen LogP contribution in [0.1, 0.15) is 18.2 Å². The normalized spacial score (nSPS) is 12.6. The summed E-state index contributed by atoms with van der Waals surface area (Å²) in [7, 11) is 0. The fourth-order valence-electron chi connectivity index (χ4n) is 0.999. The molecule has 0 aromatic carbocycles. The van der Waals surface area contributed by atoms with Crippen LogP contribution in [0.15, 0.2) is 23.5 Å². The van der Waals surface area contributed by atoms with E-state index in [0.717, 1.165) is 12.3 Å². The summed E-state index contributed by atoms with van der Waals surface area (Å²) in [6.07, 6.45) is -3.60. The Morgan fingerprint density at radius 1 is 1.47 bits per heavy atom. The van der Waals surface area contributed by atoms with E-state index < -0.39 is 11.7 Å². The molecule has 0 unspecified atom stereocenters. The predicted octanol–water partition coefficient (Wildman–Crippen LogP) is 3.24. The van der Waals surface area contributed by atoms with E-state index in [0.29, 0.717) is 23.3 Å². The van der Waals surface area contributed by atoms with Gasteiger partial charge in [-0.3, -0.25) is 4.98 Å². The fourth-order valence-corrected chi connectivity index (χ4v) is 1.14. The highest BCUT2D eigenvalue weighted by Crippen LogP contribution is 2.28. The zero-order chi connectivity index (χ0) is 12.9. The number of aromatic nitrogens is 1. The van der Waals surface area contributed by atoms with E-state index in [9.17, 15) is 13.2 Å². The van der Waals surface area contributed by atoms with Gasteiger partial charge in [0.2, 0.25) is 0 Å². The van der Waals surface area contributed by atoms with E-state index in [-0.39, 0.29) is 0 Å². The maximum Gasteiger partial charge on any atom is 0.417 e. The second kappa shape index (κ2) is 6.00. The molecule has 3 nitrogen and oxygen atoms in total. The zero-order valence-corrected chi connectivity index (χ0v) is 10.5. The van der Waals surface area contributed by atoms with E-state index >= 15 is 0 Å². The van der Waals surface area contributed by atoms with Gasteiger partial charge in [0.15, 0.2) is 0 Å². The number of nitrogens with zero attached hydrogens (tertiary/aromatic N) is 2. The van der Waals surface area contributed by atoms with E-state index in [1.807, 2.05) is 0 Å². The van der Waals surface area contributed by atoms with Crippen LogP contribution in [0.3, 0.4) is 0 Å². The number of rotatable bonds is 4. The number of pyridine rings is 1. The van der Waals surface area contributed by atoms with Crippen molar-refractivity contribution >= 4 is 21.6 Å². The standard InChI is InChI=1S/C10H10BrF3N2O/c1-7(16-17-5-4-11)9-3-2-8(6-15-9)10(12,13)14/h2-3,6H,4-5H2,1H3/b16-7+. The van der Waals surface area contributed by atoms with Crippen molar-refractivity contribution in [3.05, 3.63) is 29.6 Å². The molecule has 7 heteroatoms. The molecule has 0 N–H and O–H groups in total. The molecular weight excluding hydrogens is 301 g/mol. The maximum atomic E-state index is 12.3. The molecule has 1 aromatic rings. The Balaban J connectivity index is 2.77. The highest BCUT2D eigenvalue weighted by Gasteiger charge is 2.30. The lowest BCUT2D eigenvalue weighted by molar-refractivity contribution is -0.137. The summed E-state index contributed by atoms with van der Waals surface area (Å²) >= 11 is 3.15. The van der Waals surface area contributed by atoms with Crippen molar-refractivity contribution < 1.29 is 18.0 Å². The van der Waals surface area contributed by atoms with Crippen LogP contribution in [0.25, 0.3) is 0 Å². The van der Waals surface area contributed by atoms with Crippen molar-refractivity contribution in [1.82, 2.24) is 4.98 Å². The Kier molecular flexibility index (Phi) is 4.92. The minimum absolute atomic E-state index is 0.354. The predicted molar refractivity (Wildman–Crippen MR) is 61.2 cm³/mol. The Hall–Kier alpha value is -1.11. The second-order valence-electron chi connectivity index (χ2n) is 3.13. The third kappa shape index (κ3) is 4.33. The van der Waals surface area contributed by atoms with Gasteiger partial charge >= 0.3 is 6.18 Å². The quantitative estimate of drug-likeness (QED) is 0.370. The van der Waals surface area contributed by atoms with Gasteiger partial charge in [0.25, 0.3) is 0 Å². The van der Waals surface area contributed by atoms with Gasteiger partial charge in [0, 0.05) is 11.5 Å². The van der Waals surface area contributed by atoms with Crippen LogP contribution in [0, 0.1) is 0 Å². The fraction of sp³-hybridized carbons (Fsp3) is 0.400. The van der Waals surface area contributed by atoms with Crippen molar-refractivity contribution in [2.24, 2.45) is 5.16 Å². The summed E-state index contributed by atoms with van der Waals surface area (Å²) in [6.45, 7) is 2.00. The van der Waals surface area contributed by atoms with Gasteiger partial charge in [-0.05, 0) is 19.1 Å². The van der Waals surface area contributed by atoms with Crippen LogP contribution < -0.4 is 0 Å². The maximum absolute atomic E-state index is 12.3. The van der Waals surface area contributed by atoms with Crippen LogP contribution in [-0.2, 0) is 11.0 Å². The first-order chi connectivity index (χ1) is 7.95. The minimum atomic E-state index is -4.37. The lowest BCUT2D eigenvalue weighted by Crippen LogP contribution is -2.07. The molecule has 0 saturated carbocycles. The number of halogens is 4. The Morgan fingerprint density at radius 3 is 2.65 bits per heavy atom. The molecule has 0 amide bonds. The molecule has 1 rings (SSSR count). The molecular formula is C10H10BrF3N2O. The smallest absolute Gasteiger partial charge is 0.395 e. The Labute approximate surface area is 105 Å². The van der Waals surface area contributed by atoms with Crippen LogP contribution >= 0.6 is 15.9 Å². The summed E-state index contributed by atoms with van der Waals surface area (Å²) in [5.41, 5.74) is 0.00248. The average molecular weight is 311 g/mol. The molecule has 1 aromatic heterocycles. The summed E-state index contributed by atoms with van der Waals surface area (Å²) in [5.74, 6) is 0. The molecule has 0 bridgehead atoms. The summed E-state index contributed by atoms with van der Waals surface area (Å²) in [5, 5.41) is 4.35. The topological polar surface area (TPSA) is 34.5 Å². The van der Waals surface area contributed by atoms with Crippen LogP contribution in [0.5, 0.6) is 0 Å². The van der Waals surface area contributed by atoms with Gasteiger partial charge in [0.1, 0.15) is 12.3 Å².